The molecule has 0 saturated carbocycles. The van der Waals surface area contributed by atoms with Crippen LogP contribution in [0.15, 0.2) is 18.3 Å². The van der Waals surface area contributed by atoms with Crippen LogP contribution in [0, 0.1) is 18.6 Å². The lowest BCUT2D eigenvalue weighted by Crippen LogP contribution is -2.04. The number of aromatic nitrogens is 4. The van der Waals surface area contributed by atoms with Gasteiger partial charge in [0.25, 0.3) is 0 Å². The molecule has 0 fully saturated rings. The Morgan fingerprint density at radius 1 is 1.19 bits per heavy atom. The first kappa shape index (κ1) is 13.4. The standard InChI is InChI=1S/C14H13F2N5/c1-3-17-14-19-12(9-6-18-21-13(9)20-14)8-5-4-7(2)10(15)11(8)16/h4-6H,3H2,1-2H3,(H2,17,18,19,20,21). The number of aromatic amines is 1. The second-order valence-corrected chi connectivity index (χ2v) is 4.62. The van der Waals surface area contributed by atoms with Gasteiger partial charge in [-0.3, -0.25) is 5.10 Å². The Morgan fingerprint density at radius 3 is 2.76 bits per heavy atom. The van der Waals surface area contributed by atoms with Crippen molar-refractivity contribution in [3.05, 3.63) is 35.5 Å². The van der Waals surface area contributed by atoms with E-state index in [2.05, 4.69) is 25.5 Å². The van der Waals surface area contributed by atoms with E-state index in [0.717, 1.165) is 0 Å². The average Bonchev–Trinajstić information content (AvgIpc) is 2.93. The molecule has 21 heavy (non-hydrogen) atoms. The van der Waals surface area contributed by atoms with Gasteiger partial charge in [0.2, 0.25) is 5.95 Å². The molecule has 3 rings (SSSR count). The molecule has 0 aliphatic carbocycles. The second-order valence-electron chi connectivity index (χ2n) is 4.62. The Bertz CT molecular complexity index is 812. The van der Waals surface area contributed by atoms with Crippen molar-refractivity contribution in [2.24, 2.45) is 0 Å². The van der Waals surface area contributed by atoms with Crippen molar-refractivity contribution in [1.82, 2.24) is 20.2 Å². The van der Waals surface area contributed by atoms with E-state index < -0.39 is 11.6 Å². The molecule has 3 aromatic rings. The molecular formula is C14H13F2N5. The first-order valence-corrected chi connectivity index (χ1v) is 6.51. The zero-order valence-electron chi connectivity index (χ0n) is 11.5. The molecule has 108 valence electrons. The fourth-order valence-electron chi connectivity index (χ4n) is 2.11. The van der Waals surface area contributed by atoms with Gasteiger partial charge in [-0.25, -0.2) is 13.8 Å². The van der Waals surface area contributed by atoms with Crippen LogP contribution in [0.4, 0.5) is 14.7 Å². The van der Waals surface area contributed by atoms with Gasteiger partial charge in [0.05, 0.1) is 17.3 Å². The summed E-state index contributed by atoms with van der Waals surface area (Å²) in [5.74, 6) is -1.45. The molecule has 0 radical (unpaired) electrons. The second kappa shape index (κ2) is 5.08. The van der Waals surface area contributed by atoms with Crippen LogP contribution in [0.1, 0.15) is 12.5 Å². The highest BCUT2D eigenvalue weighted by atomic mass is 19.2. The maximum Gasteiger partial charge on any atom is 0.225 e. The first-order chi connectivity index (χ1) is 10.1. The summed E-state index contributed by atoms with van der Waals surface area (Å²) in [7, 11) is 0. The molecule has 2 aromatic heterocycles. The molecule has 5 nitrogen and oxygen atoms in total. The summed E-state index contributed by atoms with van der Waals surface area (Å²) < 4.78 is 28.0. The van der Waals surface area contributed by atoms with Crippen molar-refractivity contribution >= 4 is 17.0 Å². The molecule has 0 aliphatic rings. The van der Waals surface area contributed by atoms with Crippen LogP contribution >= 0.6 is 0 Å². The molecule has 0 bridgehead atoms. The van der Waals surface area contributed by atoms with Gasteiger partial charge in [-0.2, -0.15) is 10.1 Å². The lowest BCUT2D eigenvalue weighted by Gasteiger charge is -2.09. The molecule has 2 heterocycles. The third kappa shape index (κ3) is 2.20. The number of nitrogens with zero attached hydrogens (tertiary/aromatic N) is 3. The minimum absolute atomic E-state index is 0.0889. The fourth-order valence-corrected chi connectivity index (χ4v) is 2.11. The van der Waals surface area contributed by atoms with Crippen molar-refractivity contribution in [1.29, 1.82) is 0 Å². The molecule has 7 heteroatoms. The van der Waals surface area contributed by atoms with Crippen LogP contribution in [0.2, 0.25) is 0 Å². The normalized spacial score (nSPS) is 11.0. The van der Waals surface area contributed by atoms with Gasteiger partial charge in [0.1, 0.15) is 0 Å². The Morgan fingerprint density at radius 2 is 2.00 bits per heavy atom. The summed E-state index contributed by atoms with van der Waals surface area (Å²) in [6.45, 7) is 4.02. The van der Waals surface area contributed by atoms with Crippen LogP contribution in [0.25, 0.3) is 22.3 Å². The van der Waals surface area contributed by atoms with E-state index in [1.807, 2.05) is 6.92 Å². The van der Waals surface area contributed by atoms with E-state index >= 15 is 0 Å². The summed E-state index contributed by atoms with van der Waals surface area (Å²) >= 11 is 0. The van der Waals surface area contributed by atoms with Crippen molar-refractivity contribution in [2.45, 2.75) is 13.8 Å². The van der Waals surface area contributed by atoms with Gasteiger partial charge in [-0.05, 0) is 25.5 Å². The quantitative estimate of drug-likeness (QED) is 0.777. The predicted molar refractivity (Wildman–Crippen MR) is 75.9 cm³/mol. The van der Waals surface area contributed by atoms with Gasteiger partial charge in [0.15, 0.2) is 17.3 Å². The topological polar surface area (TPSA) is 66.5 Å². The smallest absolute Gasteiger partial charge is 0.225 e. The highest BCUT2D eigenvalue weighted by molar-refractivity contribution is 5.90. The zero-order chi connectivity index (χ0) is 15.0. The third-order valence-corrected chi connectivity index (χ3v) is 3.18. The summed E-state index contributed by atoms with van der Waals surface area (Å²) in [5, 5.41) is 10.1. The van der Waals surface area contributed by atoms with Crippen LogP contribution < -0.4 is 5.32 Å². The molecule has 1 aromatic carbocycles. The van der Waals surface area contributed by atoms with Crippen molar-refractivity contribution in [2.75, 3.05) is 11.9 Å². The largest absolute Gasteiger partial charge is 0.354 e. The summed E-state index contributed by atoms with van der Waals surface area (Å²) in [5.41, 5.74) is 1.11. The SMILES string of the molecule is CCNc1nc(-c2ccc(C)c(F)c2F)c2cn[nH]c2n1. The average molecular weight is 289 g/mol. The number of anilines is 1. The number of hydrogen-bond acceptors (Lipinski definition) is 4. The Labute approximate surface area is 119 Å². The molecule has 2 N–H and O–H groups in total. The minimum atomic E-state index is -0.918. The van der Waals surface area contributed by atoms with Crippen LogP contribution in [0.5, 0.6) is 0 Å². The lowest BCUT2D eigenvalue weighted by atomic mass is 10.1. The highest BCUT2D eigenvalue weighted by Crippen LogP contribution is 2.30. The summed E-state index contributed by atoms with van der Waals surface area (Å²) in [4.78, 5) is 8.50. The van der Waals surface area contributed by atoms with E-state index in [-0.39, 0.29) is 11.1 Å². The molecule has 0 aliphatic heterocycles. The van der Waals surface area contributed by atoms with Crippen LogP contribution in [0.3, 0.4) is 0 Å². The van der Waals surface area contributed by atoms with E-state index in [4.69, 9.17) is 0 Å². The van der Waals surface area contributed by atoms with Gasteiger partial charge in [-0.1, -0.05) is 6.07 Å². The van der Waals surface area contributed by atoms with E-state index in [1.165, 1.54) is 25.3 Å². The van der Waals surface area contributed by atoms with E-state index in [9.17, 15) is 8.78 Å². The summed E-state index contributed by atoms with van der Waals surface area (Å²) in [6, 6.07) is 3.03. The van der Waals surface area contributed by atoms with Gasteiger partial charge in [0, 0.05) is 12.1 Å². The number of aryl methyl sites for hydroxylation is 1. The number of rotatable bonds is 3. The number of halogens is 2. The molecular weight excluding hydrogens is 276 g/mol. The molecule has 0 spiro atoms. The fraction of sp³-hybridized carbons (Fsp3) is 0.214. The number of benzene rings is 1. The predicted octanol–water partition coefficient (Wildman–Crippen LogP) is 3.04. The Balaban J connectivity index is 2.28. The third-order valence-electron chi connectivity index (χ3n) is 3.18. The molecule has 0 unspecified atom stereocenters. The minimum Gasteiger partial charge on any atom is -0.354 e. The number of hydrogen-bond donors (Lipinski definition) is 2. The molecule has 0 saturated heterocycles. The Hall–Kier alpha value is -2.57. The maximum atomic E-state index is 14.2. The van der Waals surface area contributed by atoms with Crippen molar-refractivity contribution in [3.8, 4) is 11.3 Å². The lowest BCUT2D eigenvalue weighted by molar-refractivity contribution is 0.505. The molecule has 0 amide bonds. The van der Waals surface area contributed by atoms with Gasteiger partial charge >= 0.3 is 0 Å². The van der Waals surface area contributed by atoms with Gasteiger partial charge < -0.3 is 5.32 Å². The van der Waals surface area contributed by atoms with Crippen LogP contribution in [-0.4, -0.2) is 26.7 Å². The number of H-pyrrole nitrogens is 1. The molecule has 0 atom stereocenters. The maximum absolute atomic E-state index is 14.2. The zero-order valence-corrected chi connectivity index (χ0v) is 11.5. The Kier molecular flexibility index (Phi) is 3.25. The van der Waals surface area contributed by atoms with Crippen molar-refractivity contribution in [3.63, 3.8) is 0 Å². The van der Waals surface area contributed by atoms with E-state index in [0.29, 0.717) is 29.2 Å². The summed E-state index contributed by atoms with van der Waals surface area (Å²) in [6.07, 6.45) is 1.50. The number of fused-ring (bicyclic) bond motifs is 1. The van der Waals surface area contributed by atoms with Gasteiger partial charge in [-0.15, -0.1) is 0 Å². The first-order valence-electron chi connectivity index (χ1n) is 6.51. The highest BCUT2D eigenvalue weighted by Gasteiger charge is 2.18. The van der Waals surface area contributed by atoms with E-state index in [1.54, 1.807) is 0 Å². The monoisotopic (exact) mass is 289 g/mol. The number of nitrogens with one attached hydrogen (secondary N) is 2. The van der Waals surface area contributed by atoms with Crippen molar-refractivity contribution < 1.29 is 8.78 Å². The van der Waals surface area contributed by atoms with Crippen LogP contribution in [-0.2, 0) is 0 Å².